The Balaban J connectivity index is 0.00000128. The fourth-order valence-electron chi connectivity index (χ4n) is 2.16. The molecule has 0 aliphatic heterocycles. The Bertz CT molecular complexity index is 242. The second-order valence-electron chi connectivity index (χ2n) is 5.91. The minimum Gasteiger partial charge on any atom is -0.354 e. The molecule has 2 rings (SSSR count). The molecule has 2 saturated carbocycles. The van der Waals surface area contributed by atoms with Crippen molar-refractivity contribution in [2.75, 3.05) is 6.54 Å². The number of amides is 1. The van der Waals surface area contributed by atoms with Gasteiger partial charge in [-0.15, -0.1) is 12.4 Å². The number of rotatable bonds is 5. The van der Waals surface area contributed by atoms with Gasteiger partial charge in [0.15, 0.2) is 0 Å². The second kappa shape index (κ2) is 4.92. The number of halogens is 1. The first-order valence-electron chi connectivity index (χ1n) is 6.04. The first-order chi connectivity index (χ1) is 6.97. The molecule has 0 heterocycles. The molecule has 2 aliphatic rings. The maximum Gasteiger partial charge on any atom is 0.223 e. The molecule has 2 fully saturated rings. The Morgan fingerprint density at radius 3 is 2.06 bits per heavy atom. The van der Waals surface area contributed by atoms with E-state index in [4.69, 9.17) is 5.73 Å². The third kappa shape index (κ3) is 3.95. The quantitative estimate of drug-likeness (QED) is 0.776. The van der Waals surface area contributed by atoms with E-state index in [-0.39, 0.29) is 23.9 Å². The molecular formula is C12H23ClN2O. The van der Waals surface area contributed by atoms with E-state index < -0.39 is 0 Å². The Labute approximate surface area is 104 Å². The zero-order valence-electron chi connectivity index (χ0n) is 10.2. The monoisotopic (exact) mass is 246 g/mol. The smallest absolute Gasteiger partial charge is 0.223 e. The lowest BCUT2D eigenvalue weighted by molar-refractivity contribution is -0.126. The van der Waals surface area contributed by atoms with Crippen molar-refractivity contribution in [2.24, 2.45) is 23.5 Å². The van der Waals surface area contributed by atoms with Gasteiger partial charge in [-0.1, -0.05) is 0 Å². The van der Waals surface area contributed by atoms with E-state index in [2.05, 4.69) is 5.32 Å². The van der Waals surface area contributed by atoms with Gasteiger partial charge >= 0.3 is 0 Å². The van der Waals surface area contributed by atoms with Crippen LogP contribution >= 0.6 is 12.4 Å². The summed E-state index contributed by atoms with van der Waals surface area (Å²) in [5.41, 5.74) is 5.55. The molecule has 3 N–H and O–H groups in total. The predicted molar refractivity (Wildman–Crippen MR) is 67.5 cm³/mol. The van der Waals surface area contributed by atoms with Crippen LogP contribution in [0.15, 0.2) is 0 Å². The maximum atomic E-state index is 12.0. The SMILES string of the molecule is CC(C)(N)CNC(=O)C(C1CC1)C1CC1.Cl. The highest BCUT2D eigenvalue weighted by molar-refractivity contribution is 5.85. The Morgan fingerprint density at radius 2 is 1.75 bits per heavy atom. The molecule has 0 aromatic rings. The lowest BCUT2D eigenvalue weighted by atomic mass is 9.96. The lowest BCUT2D eigenvalue weighted by Crippen LogP contribution is -2.47. The third-order valence-corrected chi connectivity index (χ3v) is 3.28. The van der Waals surface area contributed by atoms with E-state index in [1.807, 2.05) is 13.8 Å². The number of nitrogens with one attached hydrogen (secondary N) is 1. The average molecular weight is 247 g/mol. The first-order valence-corrected chi connectivity index (χ1v) is 6.04. The molecule has 0 aromatic carbocycles. The number of carbonyl (C=O) groups excluding carboxylic acids is 1. The number of hydrogen-bond acceptors (Lipinski definition) is 2. The molecule has 94 valence electrons. The molecule has 0 saturated heterocycles. The summed E-state index contributed by atoms with van der Waals surface area (Å²) in [5.74, 6) is 1.91. The number of hydrogen-bond donors (Lipinski definition) is 2. The topological polar surface area (TPSA) is 55.1 Å². The Morgan fingerprint density at radius 1 is 1.31 bits per heavy atom. The highest BCUT2D eigenvalue weighted by atomic mass is 35.5. The van der Waals surface area contributed by atoms with Gasteiger partial charge in [-0.25, -0.2) is 0 Å². The van der Waals surface area contributed by atoms with Crippen LogP contribution in [-0.2, 0) is 4.79 Å². The summed E-state index contributed by atoms with van der Waals surface area (Å²) in [6.07, 6.45) is 5.00. The Hall–Kier alpha value is -0.280. The van der Waals surface area contributed by atoms with Crippen molar-refractivity contribution in [3.8, 4) is 0 Å². The third-order valence-electron chi connectivity index (χ3n) is 3.28. The van der Waals surface area contributed by atoms with E-state index in [1.54, 1.807) is 0 Å². The molecule has 1 amide bonds. The van der Waals surface area contributed by atoms with Crippen LogP contribution in [0.5, 0.6) is 0 Å². The Kier molecular flexibility index (Phi) is 4.24. The van der Waals surface area contributed by atoms with Gasteiger partial charge in [0, 0.05) is 18.0 Å². The molecule has 16 heavy (non-hydrogen) atoms. The van der Waals surface area contributed by atoms with Crippen LogP contribution in [0.3, 0.4) is 0 Å². The van der Waals surface area contributed by atoms with Crippen LogP contribution in [0.1, 0.15) is 39.5 Å². The van der Waals surface area contributed by atoms with Crippen LogP contribution in [0.4, 0.5) is 0 Å². The summed E-state index contributed by atoms with van der Waals surface area (Å²) >= 11 is 0. The van der Waals surface area contributed by atoms with Crippen molar-refractivity contribution in [1.29, 1.82) is 0 Å². The van der Waals surface area contributed by atoms with Crippen LogP contribution < -0.4 is 11.1 Å². The molecule has 0 bridgehead atoms. The normalized spacial score (nSPS) is 20.5. The van der Waals surface area contributed by atoms with E-state index in [1.165, 1.54) is 25.7 Å². The molecule has 0 unspecified atom stereocenters. The molecule has 4 heteroatoms. The van der Waals surface area contributed by atoms with Gasteiger partial charge in [0.05, 0.1) is 0 Å². The van der Waals surface area contributed by atoms with Crippen molar-refractivity contribution in [2.45, 2.75) is 45.1 Å². The van der Waals surface area contributed by atoms with E-state index >= 15 is 0 Å². The summed E-state index contributed by atoms with van der Waals surface area (Å²) in [4.78, 5) is 12.0. The van der Waals surface area contributed by atoms with E-state index in [0.717, 1.165) is 0 Å². The van der Waals surface area contributed by atoms with Crippen molar-refractivity contribution in [3.63, 3.8) is 0 Å². The molecule has 0 aromatic heterocycles. The van der Waals surface area contributed by atoms with Gasteiger partial charge in [0.1, 0.15) is 0 Å². The molecule has 3 nitrogen and oxygen atoms in total. The minimum absolute atomic E-state index is 0. The largest absolute Gasteiger partial charge is 0.354 e. The summed E-state index contributed by atoms with van der Waals surface area (Å²) in [7, 11) is 0. The molecule has 2 aliphatic carbocycles. The van der Waals surface area contributed by atoms with Crippen molar-refractivity contribution >= 4 is 18.3 Å². The van der Waals surface area contributed by atoms with Gasteiger partial charge < -0.3 is 11.1 Å². The van der Waals surface area contributed by atoms with Gasteiger partial charge in [0.25, 0.3) is 0 Å². The highest BCUT2D eigenvalue weighted by Gasteiger charge is 2.45. The maximum absolute atomic E-state index is 12.0. The summed E-state index contributed by atoms with van der Waals surface area (Å²) < 4.78 is 0. The van der Waals surface area contributed by atoms with Crippen molar-refractivity contribution < 1.29 is 4.79 Å². The van der Waals surface area contributed by atoms with E-state index in [0.29, 0.717) is 24.3 Å². The van der Waals surface area contributed by atoms with Crippen LogP contribution in [0.25, 0.3) is 0 Å². The standard InChI is InChI=1S/C12H22N2O.ClH/c1-12(2,13)7-14-11(15)10(8-3-4-8)9-5-6-9;/h8-10H,3-7,13H2,1-2H3,(H,14,15);1H. The molecule has 0 spiro atoms. The molecular weight excluding hydrogens is 224 g/mol. The van der Waals surface area contributed by atoms with Crippen LogP contribution in [-0.4, -0.2) is 18.0 Å². The van der Waals surface area contributed by atoms with Crippen molar-refractivity contribution in [1.82, 2.24) is 5.32 Å². The predicted octanol–water partition coefficient (Wildman–Crippen LogP) is 1.70. The van der Waals surface area contributed by atoms with Crippen LogP contribution in [0, 0.1) is 17.8 Å². The highest BCUT2D eigenvalue weighted by Crippen LogP contribution is 2.49. The van der Waals surface area contributed by atoms with Gasteiger partial charge in [-0.3, -0.25) is 4.79 Å². The molecule has 0 atom stereocenters. The lowest BCUT2D eigenvalue weighted by Gasteiger charge is -2.22. The fourth-order valence-corrected chi connectivity index (χ4v) is 2.16. The fraction of sp³-hybridized carbons (Fsp3) is 0.917. The first kappa shape index (κ1) is 13.8. The van der Waals surface area contributed by atoms with Crippen LogP contribution in [0.2, 0.25) is 0 Å². The summed E-state index contributed by atoms with van der Waals surface area (Å²) in [6, 6.07) is 0. The average Bonchev–Trinajstić information content (AvgIpc) is 2.93. The van der Waals surface area contributed by atoms with Gasteiger partial charge in [-0.2, -0.15) is 0 Å². The van der Waals surface area contributed by atoms with Gasteiger partial charge in [0.2, 0.25) is 5.91 Å². The van der Waals surface area contributed by atoms with E-state index in [9.17, 15) is 4.79 Å². The number of nitrogens with two attached hydrogens (primary N) is 1. The second-order valence-corrected chi connectivity index (χ2v) is 5.91. The van der Waals surface area contributed by atoms with Gasteiger partial charge in [-0.05, 0) is 51.4 Å². The zero-order valence-corrected chi connectivity index (χ0v) is 11.0. The number of carbonyl (C=O) groups is 1. The molecule has 0 radical (unpaired) electrons. The van der Waals surface area contributed by atoms with Crippen molar-refractivity contribution in [3.05, 3.63) is 0 Å². The summed E-state index contributed by atoms with van der Waals surface area (Å²) in [6.45, 7) is 4.47. The minimum atomic E-state index is -0.298. The summed E-state index contributed by atoms with van der Waals surface area (Å²) in [5, 5.41) is 3.00. The zero-order chi connectivity index (χ0) is 11.1.